The fourth-order valence-corrected chi connectivity index (χ4v) is 2.30. The van der Waals surface area contributed by atoms with Gasteiger partial charge in [-0.15, -0.1) is 11.3 Å². The molecule has 19 heavy (non-hydrogen) atoms. The summed E-state index contributed by atoms with van der Waals surface area (Å²) in [5, 5.41) is 5.71. The second-order valence-electron chi connectivity index (χ2n) is 4.35. The first-order valence-electron chi connectivity index (χ1n) is 5.92. The molecule has 5 nitrogen and oxygen atoms in total. The van der Waals surface area contributed by atoms with Gasteiger partial charge in [-0.1, -0.05) is 6.92 Å². The monoisotopic (exact) mass is 277 g/mol. The van der Waals surface area contributed by atoms with Crippen LogP contribution in [0.5, 0.6) is 0 Å². The Morgan fingerprint density at radius 3 is 3.00 bits per heavy atom. The van der Waals surface area contributed by atoms with E-state index in [4.69, 9.17) is 0 Å². The number of pyridine rings is 1. The molecule has 0 spiro atoms. The van der Waals surface area contributed by atoms with Crippen LogP contribution in [0.25, 0.3) is 0 Å². The first-order valence-corrected chi connectivity index (χ1v) is 6.80. The maximum atomic E-state index is 11.9. The van der Waals surface area contributed by atoms with E-state index in [9.17, 15) is 9.59 Å². The fraction of sp³-hybridized carbons (Fsp3) is 0.308. The molecule has 6 heteroatoms. The molecule has 2 rings (SSSR count). The van der Waals surface area contributed by atoms with Crippen molar-refractivity contribution in [3.63, 3.8) is 0 Å². The predicted molar refractivity (Wildman–Crippen MR) is 74.5 cm³/mol. The Bertz CT molecular complexity index is 619. The third-order valence-electron chi connectivity index (χ3n) is 2.81. The van der Waals surface area contributed by atoms with Crippen LogP contribution in [0.2, 0.25) is 0 Å². The van der Waals surface area contributed by atoms with Crippen LogP contribution in [0.3, 0.4) is 0 Å². The normalized spacial score (nSPS) is 12.1. The van der Waals surface area contributed by atoms with Gasteiger partial charge < -0.3 is 9.88 Å². The van der Waals surface area contributed by atoms with Gasteiger partial charge in [-0.25, -0.2) is 4.98 Å². The second-order valence-corrected chi connectivity index (χ2v) is 5.27. The molecule has 2 heterocycles. The van der Waals surface area contributed by atoms with Crippen LogP contribution in [-0.2, 0) is 7.05 Å². The number of carbonyl (C=O) groups excluding carboxylic acids is 1. The zero-order chi connectivity index (χ0) is 13.8. The molecule has 1 amide bonds. The molecule has 0 fully saturated rings. The largest absolute Gasteiger partial charge is 0.351 e. The zero-order valence-corrected chi connectivity index (χ0v) is 11.6. The zero-order valence-electron chi connectivity index (χ0n) is 10.8. The first kappa shape index (κ1) is 13.5. The summed E-state index contributed by atoms with van der Waals surface area (Å²) in [5.41, 5.74) is 0.190. The van der Waals surface area contributed by atoms with Gasteiger partial charge in [-0.05, 0) is 6.07 Å². The SMILES string of the molecule is CC(CNC(=O)c1ccn(C)c(=O)c1)c1nccs1. The van der Waals surface area contributed by atoms with Gasteiger partial charge in [0.1, 0.15) is 0 Å². The quantitative estimate of drug-likeness (QED) is 0.918. The van der Waals surface area contributed by atoms with Crippen molar-refractivity contribution in [1.29, 1.82) is 0 Å². The van der Waals surface area contributed by atoms with Crippen molar-refractivity contribution in [2.24, 2.45) is 7.05 Å². The number of hydrogen-bond donors (Lipinski definition) is 1. The summed E-state index contributed by atoms with van der Waals surface area (Å²) in [5.74, 6) is -0.0726. The molecule has 1 N–H and O–H groups in total. The van der Waals surface area contributed by atoms with Gasteiger partial charge in [0, 0.05) is 48.9 Å². The van der Waals surface area contributed by atoms with Gasteiger partial charge in [-0.2, -0.15) is 0 Å². The summed E-state index contributed by atoms with van der Waals surface area (Å²) in [6.07, 6.45) is 3.33. The Balaban J connectivity index is 1.98. The molecule has 0 aliphatic rings. The van der Waals surface area contributed by atoms with Crippen molar-refractivity contribution in [2.45, 2.75) is 12.8 Å². The lowest BCUT2D eigenvalue weighted by Gasteiger charge is -2.10. The van der Waals surface area contributed by atoms with E-state index in [1.54, 1.807) is 36.8 Å². The highest BCUT2D eigenvalue weighted by Gasteiger charge is 2.11. The van der Waals surface area contributed by atoms with Gasteiger partial charge in [0.05, 0.1) is 5.01 Å². The van der Waals surface area contributed by atoms with Crippen LogP contribution < -0.4 is 10.9 Å². The molecule has 0 saturated carbocycles. The van der Waals surface area contributed by atoms with E-state index in [1.165, 1.54) is 10.6 Å². The molecule has 0 saturated heterocycles. The summed E-state index contributed by atoms with van der Waals surface area (Å²) in [6.45, 7) is 2.50. The van der Waals surface area contributed by atoms with Crippen LogP contribution in [0.15, 0.2) is 34.7 Å². The lowest BCUT2D eigenvalue weighted by Crippen LogP contribution is -2.29. The van der Waals surface area contributed by atoms with Gasteiger partial charge in [0.2, 0.25) is 0 Å². The Morgan fingerprint density at radius 2 is 2.37 bits per heavy atom. The molecule has 0 aliphatic heterocycles. The maximum absolute atomic E-state index is 11.9. The van der Waals surface area contributed by atoms with Crippen LogP contribution in [0, 0.1) is 0 Å². The number of rotatable bonds is 4. The number of aryl methyl sites for hydroxylation is 1. The predicted octanol–water partition coefficient (Wildman–Crippen LogP) is 1.38. The van der Waals surface area contributed by atoms with E-state index in [0.717, 1.165) is 5.01 Å². The Kier molecular flexibility index (Phi) is 4.11. The summed E-state index contributed by atoms with van der Waals surface area (Å²) >= 11 is 1.57. The third-order valence-corrected chi connectivity index (χ3v) is 3.82. The number of carbonyl (C=O) groups is 1. The van der Waals surface area contributed by atoms with Crippen molar-refractivity contribution in [1.82, 2.24) is 14.9 Å². The smallest absolute Gasteiger partial charge is 0.251 e. The van der Waals surface area contributed by atoms with Crippen LogP contribution in [-0.4, -0.2) is 22.0 Å². The minimum absolute atomic E-state index is 0.162. The summed E-state index contributed by atoms with van der Waals surface area (Å²) < 4.78 is 1.43. The average molecular weight is 277 g/mol. The third kappa shape index (κ3) is 3.29. The minimum atomic E-state index is -0.235. The summed E-state index contributed by atoms with van der Waals surface area (Å²) in [4.78, 5) is 27.6. The molecule has 0 radical (unpaired) electrons. The van der Waals surface area contributed by atoms with E-state index in [1.807, 2.05) is 12.3 Å². The van der Waals surface area contributed by atoms with Gasteiger partial charge >= 0.3 is 0 Å². The Hall–Kier alpha value is -1.95. The van der Waals surface area contributed by atoms with Gasteiger partial charge in [0.25, 0.3) is 11.5 Å². The van der Waals surface area contributed by atoms with Crippen LogP contribution in [0.1, 0.15) is 28.2 Å². The van der Waals surface area contributed by atoms with Crippen molar-refractivity contribution >= 4 is 17.2 Å². The number of amides is 1. The topological polar surface area (TPSA) is 64.0 Å². The summed E-state index contributed by atoms with van der Waals surface area (Å²) in [6, 6.07) is 2.97. The molecule has 1 unspecified atom stereocenters. The van der Waals surface area contributed by atoms with Crippen molar-refractivity contribution in [3.05, 3.63) is 50.8 Å². The van der Waals surface area contributed by atoms with E-state index >= 15 is 0 Å². The molecule has 1 atom stereocenters. The number of aromatic nitrogens is 2. The highest BCUT2D eigenvalue weighted by Crippen LogP contribution is 2.16. The minimum Gasteiger partial charge on any atom is -0.351 e. The highest BCUT2D eigenvalue weighted by atomic mass is 32.1. The van der Waals surface area contributed by atoms with Crippen molar-refractivity contribution < 1.29 is 4.79 Å². The summed E-state index contributed by atoms with van der Waals surface area (Å²) in [7, 11) is 1.65. The van der Waals surface area contributed by atoms with Gasteiger partial charge in [-0.3, -0.25) is 9.59 Å². The van der Waals surface area contributed by atoms with E-state index < -0.39 is 0 Å². The molecule has 0 bridgehead atoms. The molecular formula is C13H15N3O2S. The molecule has 100 valence electrons. The fourth-order valence-electron chi connectivity index (χ4n) is 1.60. The number of thiazole rings is 1. The average Bonchev–Trinajstić information content (AvgIpc) is 2.92. The Morgan fingerprint density at radius 1 is 1.58 bits per heavy atom. The lowest BCUT2D eigenvalue weighted by atomic mass is 10.2. The standard InChI is InChI=1S/C13H15N3O2S/c1-9(13-14-4-6-19-13)8-15-12(18)10-3-5-16(2)11(17)7-10/h3-7,9H,8H2,1-2H3,(H,15,18). The number of hydrogen-bond acceptors (Lipinski definition) is 4. The van der Waals surface area contributed by atoms with Gasteiger partial charge in [0.15, 0.2) is 0 Å². The number of nitrogens with zero attached hydrogens (tertiary/aromatic N) is 2. The molecule has 2 aromatic heterocycles. The maximum Gasteiger partial charge on any atom is 0.251 e. The highest BCUT2D eigenvalue weighted by molar-refractivity contribution is 7.09. The lowest BCUT2D eigenvalue weighted by molar-refractivity contribution is 0.0951. The Labute approximate surface area is 114 Å². The first-order chi connectivity index (χ1) is 9.08. The van der Waals surface area contributed by atoms with Crippen LogP contribution in [0.4, 0.5) is 0 Å². The van der Waals surface area contributed by atoms with Crippen molar-refractivity contribution in [3.8, 4) is 0 Å². The van der Waals surface area contributed by atoms with E-state index in [0.29, 0.717) is 12.1 Å². The van der Waals surface area contributed by atoms with E-state index in [2.05, 4.69) is 10.3 Å². The molecular weight excluding hydrogens is 262 g/mol. The molecule has 0 aromatic carbocycles. The second kappa shape index (κ2) is 5.79. The molecule has 2 aromatic rings. The van der Waals surface area contributed by atoms with Crippen molar-refractivity contribution in [2.75, 3.05) is 6.54 Å². The van der Waals surface area contributed by atoms with Crippen LogP contribution >= 0.6 is 11.3 Å². The van der Waals surface area contributed by atoms with E-state index in [-0.39, 0.29) is 17.4 Å². The number of nitrogens with one attached hydrogen (secondary N) is 1. The molecule has 0 aliphatic carbocycles.